The number of piperazine rings is 1. The molecule has 0 aliphatic carbocycles. The number of hydrogen-bond donors (Lipinski definition) is 2. The third kappa shape index (κ3) is 3.49. The van der Waals surface area contributed by atoms with Gasteiger partial charge in [-0.2, -0.15) is 0 Å². The second-order valence-electron chi connectivity index (χ2n) is 5.53. The van der Waals surface area contributed by atoms with Crippen LogP contribution in [0.5, 0.6) is 5.75 Å². The van der Waals surface area contributed by atoms with Gasteiger partial charge in [0.2, 0.25) is 0 Å². The number of halogens is 1. The van der Waals surface area contributed by atoms with Crippen molar-refractivity contribution in [1.82, 2.24) is 0 Å². The van der Waals surface area contributed by atoms with Crippen molar-refractivity contribution in [1.29, 1.82) is 0 Å². The smallest absolute Gasteiger partial charge is 0.138 e. The normalized spacial score (nSPS) is 16.1. The van der Waals surface area contributed by atoms with Crippen molar-refractivity contribution >= 4 is 17.3 Å². The average Bonchev–Trinajstić information content (AvgIpc) is 2.49. The SMILES string of the molecule is Oc1ccccc1N1CC[NH+](Cc2cccc(Cl)c2)CC1. The summed E-state index contributed by atoms with van der Waals surface area (Å²) in [7, 11) is 0. The van der Waals surface area contributed by atoms with Crippen molar-refractivity contribution in [2.45, 2.75) is 6.54 Å². The van der Waals surface area contributed by atoms with E-state index in [1.807, 2.05) is 36.4 Å². The predicted molar refractivity (Wildman–Crippen MR) is 86.2 cm³/mol. The zero-order valence-corrected chi connectivity index (χ0v) is 12.7. The molecule has 0 atom stereocenters. The predicted octanol–water partition coefficient (Wildman–Crippen LogP) is 1.95. The molecule has 1 saturated heterocycles. The van der Waals surface area contributed by atoms with Crippen LogP contribution in [0.4, 0.5) is 5.69 Å². The maximum atomic E-state index is 9.93. The first-order valence-electron chi connectivity index (χ1n) is 7.33. The zero-order valence-electron chi connectivity index (χ0n) is 11.9. The molecular weight excluding hydrogens is 284 g/mol. The molecule has 2 N–H and O–H groups in total. The molecule has 1 heterocycles. The first-order valence-corrected chi connectivity index (χ1v) is 7.71. The number of rotatable bonds is 3. The Morgan fingerprint density at radius 1 is 1.05 bits per heavy atom. The third-order valence-corrected chi connectivity index (χ3v) is 4.27. The molecule has 4 heteroatoms. The van der Waals surface area contributed by atoms with Gasteiger partial charge in [0.05, 0.1) is 31.9 Å². The van der Waals surface area contributed by atoms with Crippen LogP contribution >= 0.6 is 11.6 Å². The minimum Gasteiger partial charge on any atom is -0.506 e. The topological polar surface area (TPSA) is 27.9 Å². The van der Waals surface area contributed by atoms with E-state index in [2.05, 4.69) is 11.0 Å². The summed E-state index contributed by atoms with van der Waals surface area (Å²) < 4.78 is 0. The van der Waals surface area contributed by atoms with Crippen LogP contribution in [0.2, 0.25) is 5.02 Å². The van der Waals surface area contributed by atoms with Gasteiger partial charge >= 0.3 is 0 Å². The summed E-state index contributed by atoms with van der Waals surface area (Å²) in [6, 6.07) is 15.7. The van der Waals surface area contributed by atoms with E-state index in [1.165, 1.54) is 5.56 Å². The molecule has 0 radical (unpaired) electrons. The summed E-state index contributed by atoms with van der Waals surface area (Å²) in [5.41, 5.74) is 2.23. The Balaban J connectivity index is 1.59. The van der Waals surface area contributed by atoms with E-state index in [9.17, 15) is 5.11 Å². The molecule has 0 bridgehead atoms. The monoisotopic (exact) mass is 303 g/mol. The van der Waals surface area contributed by atoms with Crippen molar-refractivity contribution in [3.05, 3.63) is 59.1 Å². The van der Waals surface area contributed by atoms with Crippen LogP contribution in [-0.2, 0) is 6.54 Å². The molecule has 1 aliphatic rings. The molecule has 0 aromatic heterocycles. The second-order valence-corrected chi connectivity index (χ2v) is 5.97. The first-order chi connectivity index (χ1) is 10.2. The number of anilines is 1. The number of quaternary nitrogens is 1. The molecule has 3 nitrogen and oxygen atoms in total. The molecule has 110 valence electrons. The number of aromatic hydroxyl groups is 1. The van der Waals surface area contributed by atoms with Crippen LogP contribution in [0.3, 0.4) is 0 Å². The Kier molecular flexibility index (Phi) is 4.32. The third-order valence-electron chi connectivity index (χ3n) is 4.04. The quantitative estimate of drug-likeness (QED) is 0.907. The molecular formula is C17H20ClN2O+. The molecule has 1 aliphatic heterocycles. The minimum atomic E-state index is 0.371. The van der Waals surface area contributed by atoms with Gasteiger partial charge in [0.25, 0.3) is 0 Å². The Labute approximate surface area is 130 Å². The number of nitrogens with zero attached hydrogens (tertiary/aromatic N) is 1. The van der Waals surface area contributed by atoms with Gasteiger partial charge in [-0.05, 0) is 24.3 Å². The lowest BCUT2D eigenvalue weighted by molar-refractivity contribution is -0.914. The summed E-state index contributed by atoms with van der Waals surface area (Å²) in [4.78, 5) is 3.82. The van der Waals surface area contributed by atoms with Crippen LogP contribution in [-0.4, -0.2) is 31.3 Å². The standard InChI is InChI=1S/C17H19ClN2O/c18-15-5-3-4-14(12-15)13-19-8-10-20(11-9-19)16-6-1-2-7-17(16)21/h1-7,12,21H,8-11,13H2/p+1. The van der Waals surface area contributed by atoms with Crippen LogP contribution < -0.4 is 9.80 Å². The van der Waals surface area contributed by atoms with Crippen molar-refractivity contribution in [3.63, 3.8) is 0 Å². The van der Waals surface area contributed by atoms with Crippen LogP contribution in [0.25, 0.3) is 0 Å². The molecule has 1 fully saturated rings. The first kappa shape index (κ1) is 14.2. The molecule has 0 unspecified atom stereocenters. The van der Waals surface area contributed by atoms with E-state index in [-0.39, 0.29) is 0 Å². The molecule has 0 saturated carbocycles. The highest BCUT2D eigenvalue weighted by molar-refractivity contribution is 6.30. The summed E-state index contributed by atoms with van der Waals surface area (Å²) in [5, 5.41) is 10.7. The number of benzene rings is 2. The summed E-state index contributed by atoms with van der Waals surface area (Å²) in [5.74, 6) is 0.371. The summed E-state index contributed by atoms with van der Waals surface area (Å²) >= 11 is 6.04. The molecule has 0 spiro atoms. The van der Waals surface area contributed by atoms with Crippen LogP contribution in [0, 0.1) is 0 Å². The molecule has 2 aromatic rings. The Morgan fingerprint density at radius 2 is 1.81 bits per heavy atom. The van der Waals surface area contributed by atoms with Gasteiger partial charge < -0.3 is 14.9 Å². The van der Waals surface area contributed by atoms with Crippen LogP contribution in [0.1, 0.15) is 5.56 Å². The van der Waals surface area contributed by atoms with Crippen molar-refractivity contribution in [3.8, 4) is 5.75 Å². The van der Waals surface area contributed by atoms with E-state index in [0.29, 0.717) is 5.75 Å². The van der Waals surface area contributed by atoms with Crippen molar-refractivity contribution in [2.24, 2.45) is 0 Å². The maximum Gasteiger partial charge on any atom is 0.138 e. The highest BCUT2D eigenvalue weighted by Gasteiger charge is 2.21. The second kappa shape index (κ2) is 6.37. The maximum absolute atomic E-state index is 9.93. The Bertz CT molecular complexity index is 609. The van der Waals surface area contributed by atoms with Gasteiger partial charge in [-0.1, -0.05) is 35.9 Å². The van der Waals surface area contributed by atoms with Crippen molar-refractivity contribution in [2.75, 3.05) is 31.1 Å². The van der Waals surface area contributed by atoms with E-state index >= 15 is 0 Å². The number of para-hydroxylation sites is 2. The lowest BCUT2D eigenvalue weighted by Crippen LogP contribution is -3.13. The lowest BCUT2D eigenvalue weighted by atomic mass is 10.2. The van der Waals surface area contributed by atoms with Gasteiger partial charge in [-0.25, -0.2) is 0 Å². The average molecular weight is 304 g/mol. The minimum absolute atomic E-state index is 0.371. The largest absolute Gasteiger partial charge is 0.506 e. The number of nitrogens with one attached hydrogen (secondary N) is 1. The number of phenolic OH excluding ortho intramolecular Hbond substituents is 1. The van der Waals surface area contributed by atoms with E-state index in [4.69, 9.17) is 11.6 Å². The van der Waals surface area contributed by atoms with Gasteiger partial charge in [0, 0.05) is 10.6 Å². The van der Waals surface area contributed by atoms with Gasteiger partial charge in [-0.15, -0.1) is 0 Å². The molecule has 2 aromatic carbocycles. The zero-order chi connectivity index (χ0) is 14.7. The fraction of sp³-hybridized carbons (Fsp3) is 0.294. The fourth-order valence-electron chi connectivity index (χ4n) is 2.91. The fourth-order valence-corrected chi connectivity index (χ4v) is 3.12. The van der Waals surface area contributed by atoms with E-state index in [0.717, 1.165) is 43.4 Å². The lowest BCUT2D eigenvalue weighted by Gasteiger charge is -2.34. The highest BCUT2D eigenvalue weighted by atomic mass is 35.5. The van der Waals surface area contributed by atoms with Gasteiger partial charge in [0.15, 0.2) is 0 Å². The molecule has 0 amide bonds. The summed E-state index contributed by atoms with van der Waals surface area (Å²) in [6.07, 6.45) is 0. The summed E-state index contributed by atoms with van der Waals surface area (Å²) in [6.45, 7) is 5.08. The Hall–Kier alpha value is -1.71. The number of phenols is 1. The van der Waals surface area contributed by atoms with Gasteiger partial charge in [0.1, 0.15) is 12.3 Å². The Morgan fingerprint density at radius 3 is 2.52 bits per heavy atom. The molecule has 3 rings (SSSR count). The van der Waals surface area contributed by atoms with Crippen LogP contribution in [0.15, 0.2) is 48.5 Å². The van der Waals surface area contributed by atoms with Gasteiger partial charge in [-0.3, -0.25) is 0 Å². The van der Waals surface area contributed by atoms with E-state index in [1.54, 1.807) is 11.0 Å². The molecule has 21 heavy (non-hydrogen) atoms. The number of hydrogen-bond acceptors (Lipinski definition) is 2. The van der Waals surface area contributed by atoms with E-state index < -0.39 is 0 Å². The highest BCUT2D eigenvalue weighted by Crippen LogP contribution is 2.26. The van der Waals surface area contributed by atoms with Crippen molar-refractivity contribution < 1.29 is 10.0 Å².